The van der Waals surface area contributed by atoms with Gasteiger partial charge < -0.3 is 16.0 Å². The number of halogens is 1. The molecule has 1 fully saturated rings. The maximum atomic E-state index is 11.8. The molecule has 0 aromatic heterocycles. The normalized spacial score (nSPS) is 18.9. The zero-order chi connectivity index (χ0) is 13.7. The van der Waals surface area contributed by atoms with Crippen molar-refractivity contribution in [3.8, 4) is 0 Å². The molecule has 1 aromatic rings. The van der Waals surface area contributed by atoms with Crippen molar-refractivity contribution >= 4 is 23.3 Å². The van der Waals surface area contributed by atoms with Crippen LogP contribution >= 0.6 is 11.6 Å². The summed E-state index contributed by atoms with van der Waals surface area (Å²) in [5, 5.41) is 9.57. The smallest absolute Gasteiger partial charge is 0.319 e. The summed E-state index contributed by atoms with van der Waals surface area (Å²) in [7, 11) is 0. The molecule has 4 nitrogen and oxygen atoms in total. The van der Waals surface area contributed by atoms with Crippen molar-refractivity contribution < 1.29 is 4.79 Å². The number of amides is 2. The molecule has 1 heterocycles. The molecule has 1 unspecified atom stereocenters. The predicted molar refractivity (Wildman–Crippen MR) is 78.8 cm³/mol. The second kappa shape index (κ2) is 6.78. The number of nitrogens with one attached hydrogen (secondary N) is 3. The number of benzene rings is 1. The molecule has 1 atom stereocenters. The first-order valence-corrected chi connectivity index (χ1v) is 7.04. The lowest BCUT2D eigenvalue weighted by molar-refractivity contribution is 0.248. The van der Waals surface area contributed by atoms with Gasteiger partial charge in [0.25, 0.3) is 0 Å². The van der Waals surface area contributed by atoms with Crippen molar-refractivity contribution in [1.82, 2.24) is 10.6 Å². The van der Waals surface area contributed by atoms with Gasteiger partial charge in [-0.2, -0.15) is 0 Å². The van der Waals surface area contributed by atoms with E-state index in [4.69, 9.17) is 11.6 Å². The van der Waals surface area contributed by atoms with Crippen LogP contribution in [0.2, 0.25) is 5.02 Å². The van der Waals surface area contributed by atoms with Gasteiger partial charge in [0, 0.05) is 6.54 Å². The van der Waals surface area contributed by atoms with E-state index in [9.17, 15) is 4.79 Å². The highest BCUT2D eigenvalue weighted by Crippen LogP contribution is 2.22. The number of carbonyl (C=O) groups excluding carboxylic acids is 1. The predicted octanol–water partition coefficient (Wildman–Crippen LogP) is 2.77. The van der Waals surface area contributed by atoms with E-state index in [0.29, 0.717) is 23.2 Å². The lowest BCUT2D eigenvalue weighted by atomic mass is 10.00. The Bertz CT molecular complexity index is 444. The van der Waals surface area contributed by atoms with Crippen molar-refractivity contribution in [1.29, 1.82) is 0 Å². The van der Waals surface area contributed by atoms with Crippen LogP contribution in [0.4, 0.5) is 10.5 Å². The Balaban J connectivity index is 1.81. The average molecular weight is 282 g/mol. The molecule has 5 heteroatoms. The van der Waals surface area contributed by atoms with Crippen molar-refractivity contribution in [3.05, 3.63) is 28.8 Å². The second-order valence-electron chi connectivity index (χ2n) is 5.03. The van der Waals surface area contributed by atoms with Crippen LogP contribution in [0.5, 0.6) is 0 Å². The largest absolute Gasteiger partial charge is 0.338 e. The van der Waals surface area contributed by atoms with Gasteiger partial charge in [0.05, 0.1) is 10.7 Å². The van der Waals surface area contributed by atoms with Crippen LogP contribution < -0.4 is 16.0 Å². The molecule has 0 radical (unpaired) electrons. The van der Waals surface area contributed by atoms with E-state index < -0.39 is 0 Å². The van der Waals surface area contributed by atoms with E-state index in [2.05, 4.69) is 16.0 Å². The van der Waals surface area contributed by atoms with Gasteiger partial charge in [-0.15, -0.1) is 0 Å². The summed E-state index contributed by atoms with van der Waals surface area (Å²) in [6.45, 7) is 4.72. The third-order valence-corrected chi connectivity index (χ3v) is 3.65. The minimum absolute atomic E-state index is 0.196. The van der Waals surface area contributed by atoms with Crippen molar-refractivity contribution in [2.45, 2.75) is 19.8 Å². The Morgan fingerprint density at radius 1 is 1.53 bits per heavy atom. The number of urea groups is 1. The van der Waals surface area contributed by atoms with Crippen LogP contribution in [-0.4, -0.2) is 25.7 Å². The highest BCUT2D eigenvalue weighted by molar-refractivity contribution is 6.33. The van der Waals surface area contributed by atoms with Crippen LogP contribution in [-0.2, 0) is 0 Å². The second-order valence-corrected chi connectivity index (χ2v) is 5.44. The summed E-state index contributed by atoms with van der Waals surface area (Å²) in [5.74, 6) is 0.521. The van der Waals surface area contributed by atoms with Gasteiger partial charge in [-0.25, -0.2) is 4.79 Å². The maximum absolute atomic E-state index is 11.8. The SMILES string of the molecule is Cc1ccc(Cl)c(NC(=O)NCC2CCCNC2)c1. The monoisotopic (exact) mass is 281 g/mol. The summed E-state index contributed by atoms with van der Waals surface area (Å²) in [4.78, 5) is 11.8. The minimum Gasteiger partial charge on any atom is -0.338 e. The molecule has 3 N–H and O–H groups in total. The van der Waals surface area contributed by atoms with Gasteiger partial charge in [0.2, 0.25) is 0 Å². The van der Waals surface area contributed by atoms with Crippen LogP contribution in [0, 0.1) is 12.8 Å². The molecule has 2 rings (SSSR count). The van der Waals surface area contributed by atoms with E-state index >= 15 is 0 Å². The molecule has 0 saturated carbocycles. The van der Waals surface area contributed by atoms with Gasteiger partial charge in [-0.1, -0.05) is 17.7 Å². The molecule has 0 spiro atoms. The quantitative estimate of drug-likeness (QED) is 0.798. The fourth-order valence-corrected chi connectivity index (χ4v) is 2.40. The fraction of sp³-hybridized carbons (Fsp3) is 0.500. The summed E-state index contributed by atoms with van der Waals surface area (Å²) in [6, 6.07) is 5.37. The third-order valence-electron chi connectivity index (χ3n) is 3.32. The number of rotatable bonds is 3. The van der Waals surface area contributed by atoms with Crippen molar-refractivity contribution in [3.63, 3.8) is 0 Å². The number of aryl methyl sites for hydroxylation is 1. The lowest BCUT2D eigenvalue weighted by Crippen LogP contribution is -2.39. The molecule has 1 aliphatic rings. The molecule has 2 amide bonds. The number of piperidine rings is 1. The average Bonchev–Trinajstić information content (AvgIpc) is 2.42. The van der Waals surface area contributed by atoms with Crippen molar-refractivity contribution in [2.24, 2.45) is 5.92 Å². The first-order valence-electron chi connectivity index (χ1n) is 6.67. The number of carbonyl (C=O) groups is 1. The Morgan fingerprint density at radius 3 is 3.11 bits per heavy atom. The summed E-state index contributed by atoms with van der Waals surface area (Å²) in [6.07, 6.45) is 2.34. The van der Waals surface area contributed by atoms with Gasteiger partial charge in [-0.3, -0.25) is 0 Å². The zero-order valence-corrected chi connectivity index (χ0v) is 11.9. The molecular weight excluding hydrogens is 262 g/mol. The van der Waals surface area contributed by atoms with Crippen LogP contribution in [0.25, 0.3) is 0 Å². The van der Waals surface area contributed by atoms with Crippen molar-refractivity contribution in [2.75, 3.05) is 25.0 Å². The van der Waals surface area contributed by atoms with E-state index in [1.165, 1.54) is 12.8 Å². The molecule has 0 aliphatic carbocycles. The van der Waals surface area contributed by atoms with Gasteiger partial charge in [0.1, 0.15) is 0 Å². The molecule has 0 bridgehead atoms. The minimum atomic E-state index is -0.196. The van der Waals surface area contributed by atoms with Gasteiger partial charge >= 0.3 is 6.03 Å². The lowest BCUT2D eigenvalue weighted by Gasteiger charge is -2.23. The van der Waals surface area contributed by atoms with Gasteiger partial charge in [0.15, 0.2) is 0 Å². The standard InChI is InChI=1S/C14H20ClN3O/c1-10-4-5-12(15)13(7-10)18-14(19)17-9-11-3-2-6-16-8-11/h4-5,7,11,16H,2-3,6,8-9H2,1H3,(H2,17,18,19). The Labute approximate surface area is 118 Å². The first-order chi connectivity index (χ1) is 9.15. The van der Waals surface area contributed by atoms with E-state index in [1.54, 1.807) is 6.07 Å². The zero-order valence-electron chi connectivity index (χ0n) is 11.1. The van der Waals surface area contributed by atoms with Crippen LogP contribution in [0.1, 0.15) is 18.4 Å². The van der Waals surface area contributed by atoms with Crippen LogP contribution in [0.15, 0.2) is 18.2 Å². The number of anilines is 1. The number of hydrogen-bond acceptors (Lipinski definition) is 2. The Hall–Kier alpha value is -1.26. The molecule has 1 aromatic carbocycles. The maximum Gasteiger partial charge on any atom is 0.319 e. The topological polar surface area (TPSA) is 53.2 Å². The Kier molecular flexibility index (Phi) is 5.05. The first kappa shape index (κ1) is 14.2. The van der Waals surface area contributed by atoms with Gasteiger partial charge in [-0.05, 0) is 56.5 Å². The summed E-state index contributed by atoms with van der Waals surface area (Å²) in [5.41, 5.74) is 1.72. The van der Waals surface area contributed by atoms with E-state index in [1.807, 2.05) is 19.1 Å². The molecule has 1 saturated heterocycles. The highest BCUT2D eigenvalue weighted by atomic mass is 35.5. The highest BCUT2D eigenvalue weighted by Gasteiger charge is 2.14. The molecule has 19 heavy (non-hydrogen) atoms. The summed E-state index contributed by atoms with van der Waals surface area (Å²) < 4.78 is 0. The molecule has 1 aliphatic heterocycles. The van der Waals surface area contributed by atoms with Crippen LogP contribution in [0.3, 0.4) is 0 Å². The fourth-order valence-electron chi connectivity index (χ4n) is 2.24. The molecule has 104 valence electrons. The Morgan fingerprint density at radius 2 is 2.37 bits per heavy atom. The summed E-state index contributed by atoms with van der Waals surface area (Å²) >= 11 is 6.04. The third kappa shape index (κ3) is 4.40. The van der Waals surface area contributed by atoms with E-state index in [-0.39, 0.29) is 6.03 Å². The number of hydrogen-bond donors (Lipinski definition) is 3. The molecular formula is C14H20ClN3O. The van der Waals surface area contributed by atoms with E-state index in [0.717, 1.165) is 18.7 Å².